The molecule has 3 atom stereocenters. The van der Waals surface area contributed by atoms with Crippen molar-refractivity contribution in [3.05, 3.63) is 76.7 Å². The van der Waals surface area contributed by atoms with Crippen molar-refractivity contribution >= 4 is 0 Å². The molecule has 7 nitrogen and oxygen atoms in total. The Morgan fingerprint density at radius 3 is 2.46 bits per heavy atom. The molecule has 0 saturated heterocycles. The number of halogens is 5. The minimum Gasteiger partial charge on any atom is -0.440 e. The van der Waals surface area contributed by atoms with Gasteiger partial charge in [-0.3, -0.25) is 4.98 Å². The highest BCUT2D eigenvalue weighted by Crippen LogP contribution is 2.69. The van der Waals surface area contributed by atoms with Crippen LogP contribution in [-0.4, -0.2) is 36.4 Å². The molecule has 2 aliphatic rings. The molecule has 202 valence electrons. The first-order valence-corrected chi connectivity index (χ1v) is 12.2. The van der Waals surface area contributed by atoms with E-state index in [1.54, 1.807) is 12.3 Å². The summed E-state index contributed by atoms with van der Waals surface area (Å²) in [6.07, 6.45) is -3.44. The van der Waals surface area contributed by atoms with E-state index >= 15 is 0 Å². The molecule has 1 N–H and O–H groups in total. The summed E-state index contributed by atoms with van der Waals surface area (Å²) >= 11 is 0. The summed E-state index contributed by atoms with van der Waals surface area (Å²) in [6, 6.07) is 5.28. The van der Waals surface area contributed by atoms with E-state index in [1.807, 2.05) is 0 Å². The van der Waals surface area contributed by atoms with Crippen LogP contribution < -0.4 is 0 Å². The number of rotatable bonds is 4. The fourth-order valence-corrected chi connectivity index (χ4v) is 6.36. The van der Waals surface area contributed by atoms with E-state index in [2.05, 4.69) is 34.0 Å². The maximum absolute atomic E-state index is 14.5. The summed E-state index contributed by atoms with van der Waals surface area (Å²) < 4.78 is 73.7. The average Bonchev–Trinajstić information content (AvgIpc) is 3.46. The van der Waals surface area contributed by atoms with Gasteiger partial charge in [-0.2, -0.15) is 18.3 Å². The molecule has 0 spiro atoms. The smallest absolute Gasteiger partial charge is 0.420 e. The molecular formula is C27H22F5N5O2. The quantitative estimate of drug-likeness (QED) is 0.317. The molecule has 12 heteroatoms. The number of nitrogens with zero attached hydrogens (tertiary/aromatic N) is 5. The van der Waals surface area contributed by atoms with Crippen LogP contribution in [0.5, 0.6) is 0 Å². The highest BCUT2D eigenvalue weighted by Gasteiger charge is 2.65. The topological polar surface area (TPSA) is 97.8 Å². The van der Waals surface area contributed by atoms with Crippen LogP contribution >= 0.6 is 0 Å². The van der Waals surface area contributed by atoms with Gasteiger partial charge in [0.25, 0.3) is 0 Å². The average molecular weight is 543 g/mol. The van der Waals surface area contributed by atoms with E-state index in [9.17, 15) is 27.1 Å². The number of aliphatic hydroxyl groups excluding tert-OH is 1. The number of aliphatic hydroxyl groups is 1. The van der Waals surface area contributed by atoms with Crippen molar-refractivity contribution in [2.24, 2.45) is 5.41 Å². The van der Waals surface area contributed by atoms with Crippen molar-refractivity contribution in [1.82, 2.24) is 25.1 Å². The Hall–Kier alpha value is -3.80. The van der Waals surface area contributed by atoms with Gasteiger partial charge < -0.3 is 9.52 Å². The third kappa shape index (κ3) is 3.53. The van der Waals surface area contributed by atoms with E-state index in [-0.39, 0.29) is 34.5 Å². The fraction of sp³-hybridized carbons (Fsp3) is 0.370. The number of benzene rings is 1. The summed E-state index contributed by atoms with van der Waals surface area (Å²) in [4.78, 5) is 12.9. The first-order chi connectivity index (χ1) is 18.4. The minimum absolute atomic E-state index is 0.0143. The summed E-state index contributed by atoms with van der Waals surface area (Å²) in [5.41, 5.74) is -0.00112. The zero-order valence-electron chi connectivity index (χ0n) is 21.0. The molecular weight excluding hydrogens is 521 g/mol. The lowest BCUT2D eigenvalue weighted by molar-refractivity contribution is -0.208. The van der Waals surface area contributed by atoms with E-state index in [1.165, 1.54) is 19.2 Å². The van der Waals surface area contributed by atoms with Gasteiger partial charge >= 0.3 is 6.18 Å². The van der Waals surface area contributed by atoms with Crippen molar-refractivity contribution in [2.75, 3.05) is 0 Å². The van der Waals surface area contributed by atoms with Gasteiger partial charge in [0, 0.05) is 6.20 Å². The second-order valence-corrected chi connectivity index (χ2v) is 10.5. The first-order valence-electron chi connectivity index (χ1n) is 12.2. The number of aromatic nitrogens is 5. The number of hydrogen-bond acceptors (Lipinski definition) is 7. The second kappa shape index (κ2) is 8.35. The third-order valence-electron chi connectivity index (χ3n) is 8.29. The van der Waals surface area contributed by atoms with Crippen LogP contribution in [0.2, 0.25) is 0 Å². The van der Waals surface area contributed by atoms with Crippen molar-refractivity contribution in [3.63, 3.8) is 0 Å². The standard InChI is InChI=1S/C27H22F5N5O2/c1-12-21(23(38)27(30,31)32)35-24(39-12)18-10-33-11-19(34-18)26-8-7-14(25(26,2)3)13-9-17(36-37-22(13)26)20-15(28)5-4-6-16(20)29/h4-6,9-11,14,23,38H,7-8H2,1-3H3/t14-,23-,26+/m0/s1. The van der Waals surface area contributed by atoms with Crippen molar-refractivity contribution in [2.45, 2.75) is 57.2 Å². The molecule has 39 heavy (non-hydrogen) atoms. The number of hydrogen-bond donors (Lipinski definition) is 1. The van der Waals surface area contributed by atoms with Crippen LogP contribution in [-0.2, 0) is 5.41 Å². The molecule has 3 heterocycles. The Balaban J connectivity index is 1.46. The van der Waals surface area contributed by atoms with Gasteiger partial charge in [-0.1, -0.05) is 19.9 Å². The predicted octanol–water partition coefficient (Wildman–Crippen LogP) is 5.97. The van der Waals surface area contributed by atoms with E-state index < -0.39 is 40.4 Å². The summed E-state index contributed by atoms with van der Waals surface area (Å²) in [5, 5.41) is 18.3. The Bertz CT molecular complexity index is 1600. The first kappa shape index (κ1) is 25.5. The van der Waals surface area contributed by atoms with Gasteiger partial charge in [0.2, 0.25) is 5.89 Å². The lowest BCUT2D eigenvalue weighted by Gasteiger charge is -2.37. The zero-order chi connectivity index (χ0) is 27.9. The van der Waals surface area contributed by atoms with Crippen molar-refractivity contribution < 1.29 is 31.5 Å². The molecule has 3 aromatic heterocycles. The largest absolute Gasteiger partial charge is 0.440 e. The molecule has 1 aromatic carbocycles. The van der Waals surface area contributed by atoms with Crippen molar-refractivity contribution in [1.29, 1.82) is 0 Å². The number of oxazole rings is 1. The molecule has 2 aliphatic carbocycles. The van der Waals surface area contributed by atoms with Gasteiger partial charge in [-0.25, -0.2) is 18.7 Å². The number of aryl methyl sites for hydroxylation is 1. The van der Waals surface area contributed by atoms with Crippen LogP contribution in [0, 0.1) is 24.0 Å². The Morgan fingerprint density at radius 1 is 1.05 bits per heavy atom. The van der Waals surface area contributed by atoms with Crippen LogP contribution in [0.3, 0.4) is 0 Å². The molecule has 1 fully saturated rings. The zero-order valence-corrected chi connectivity index (χ0v) is 21.0. The highest BCUT2D eigenvalue weighted by atomic mass is 19.4. The number of alkyl halides is 3. The van der Waals surface area contributed by atoms with Crippen LogP contribution in [0.15, 0.2) is 41.1 Å². The summed E-state index contributed by atoms with van der Waals surface area (Å²) in [6.45, 7) is 5.38. The highest BCUT2D eigenvalue weighted by molar-refractivity contribution is 5.64. The van der Waals surface area contributed by atoms with E-state index in [4.69, 9.17) is 9.40 Å². The van der Waals surface area contributed by atoms with Crippen molar-refractivity contribution in [3.8, 4) is 22.8 Å². The maximum Gasteiger partial charge on any atom is 0.420 e. The van der Waals surface area contributed by atoms with Crippen LogP contribution in [0.1, 0.15) is 67.1 Å². The van der Waals surface area contributed by atoms with E-state index in [0.717, 1.165) is 24.1 Å². The predicted molar refractivity (Wildman–Crippen MR) is 127 cm³/mol. The SMILES string of the molecule is Cc1oc(-c2cncc([C@]34CC[C@@H](c5cc(-c6c(F)cccc6F)nnc53)C4(C)C)n2)nc1[C@H](O)C(F)(F)F. The Kier molecular flexibility index (Phi) is 5.45. The Labute approximate surface area is 219 Å². The molecule has 1 saturated carbocycles. The van der Waals surface area contributed by atoms with Crippen LogP contribution in [0.25, 0.3) is 22.8 Å². The minimum atomic E-state index is -4.91. The van der Waals surface area contributed by atoms with Gasteiger partial charge in [0.1, 0.15) is 28.8 Å². The third-order valence-corrected chi connectivity index (χ3v) is 8.29. The van der Waals surface area contributed by atoms with Gasteiger partial charge in [0.15, 0.2) is 6.10 Å². The monoisotopic (exact) mass is 543 g/mol. The lowest BCUT2D eigenvalue weighted by Crippen LogP contribution is -2.38. The van der Waals surface area contributed by atoms with Gasteiger partial charge in [0.05, 0.1) is 34.3 Å². The molecule has 0 aliphatic heterocycles. The van der Waals surface area contributed by atoms with Crippen LogP contribution in [0.4, 0.5) is 22.0 Å². The molecule has 2 bridgehead atoms. The molecule has 0 radical (unpaired) electrons. The summed E-state index contributed by atoms with van der Waals surface area (Å²) in [5.74, 6) is -1.89. The molecule has 0 amide bonds. The fourth-order valence-electron chi connectivity index (χ4n) is 6.36. The van der Waals surface area contributed by atoms with Gasteiger partial charge in [-0.05, 0) is 54.9 Å². The molecule has 6 rings (SSSR count). The molecule has 0 unspecified atom stereocenters. The Morgan fingerprint density at radius 2 is 1.77 bits per heavy atom. The summed E-state index contributed by atoms with van der Waals surface area (Å²) in [7, 11) is 0. The van der Waals surface area contributed by atoms with Gasteiger partial charge in [-0.15, -0.1) is 5.10 Å². The maximum atomic E-state index is 14.5. The van der Waals surface area contributed by atoms with E-state index in [0.29, 0.717) is 17.8 Å². The molecule has 4 aromatic rings. The normalized spacial score (nSPS) is 22.2. The second-order valence-electron chi connectivity index (χ2n) is 10.5. The number of fused-ring (bicyclic) bond motifs is 5. The lowest BCUT2D eigenvalue weighted by atomic mass is 9.66.